The summed E-state index contributed by atoms with van der Waals surface area (Å²) in [4.78, 5) is 0. The first kappa shape index (κ1) is 20.2. The van der Waals surface area contributed by atoms with E-state index in [1.165, 1.54) is 70.6 Å². The molecule has 0 aromatic carbocycles. The van der Waals surface area contributed by atoms with E-state index in [4.69, 9.17) is 17.2 Å². The minimum absolute atomic E-state index is 0.340. The maximum absolute atomic E-state index is 6.61. The Morgan fingerprint density at radius 1 is 0.917 bits per heavy atom. The van der Waals surface area contributed by atoms with Crippen LogP contribution in [0.2, 0.25) is 0 Å². The standard InChI is InChI=1S/C21H43N3/c1-3-16(5-4-15(2)22)13-19-9-6-18(14-21(19)24)12-17-7-10-20(23)11-8-17/h15-21H,3-14,22-24H2,1-2H3. The molecule has 0 amide bonds. The molecule has 0 radical (unpaired) electrons. The van der Waals surface area contributed by atoms with Gasteiger partial charge in [-0.2, -0.15) is 0 Å². The van der Waals surface area contributed by atoms with Crippen LogP contribution in [0.3, 0.4) is 0 Å². The van der Waals surface area contributed by atoms with Crippen molar-refractivity contribution in [2.75, 3.05) is 0 Å². The SMILES string of the molecule is CCC(CCC(C)N)CC1CCC(CC2CCC(N)CC2)CC1N. The Labute approximate surface area is 150 Å². The van der Waals surface area contributed by atoms with Gasteiger partial charge in [0.1, 0.15) is 0 Å². The molecule has 3 nitrogen and oxygen atoms in total. The van der Waals surface area contributed by atoms with E-state index in [-0.39, 0.29) is 0 Å². The summed E-state index contributed by atoms with van der Waals surface area (Å²) in [5.74, 6) is 3.37. The average molecular weight is 338 g/mol. The molecule has 5 atom stereocenters. The molecule has 2 fully saturated rings. The molecule has 0 bridgehead atoms. The van der Waals surface area contributed by atoms with Crippen LogP contribution in [0, 0.1) is 23.7 Å². The zero-order valence-corrected chi connectivity index (χ0v) is 16.3. The maximum atomic E-state index is 6.61. The van der Waals surface area contributed by atoms with Crippen LogP contribution in [0.25, 0.3) is 0 Å². The van der Waals surface area contributed by atoms with E-state index < -0.39 is 0 Å². The molecule has 0 heterocycles. The van der Waals surface area contributed by atoms with E-state index in [2.05, 4.69) is 13.8 Å². The Bertz CT molecular complexity index is 336. The number of rotatable bonds is 8. The van der Waals surface area contributed by atoms with Gasteiger partial charge in [-0.25, -0.2) is 0 Å². The van der Waals surface area contributed by atoms with Gasteiger partial charge >= 0.3 is 0 Å². The van der Waals surface area contributed by atoms with Crippen molar-refractivity contribution < 1.29 is 0 Å². The van der Waals surface area contributed by atoms with Crippen LogP contribution in [0.15, 0.2) is 0 Å². The lowest BCUT2D eigenvalue weighted by atomic mass is 9.70. The topological polar surface area (TPSA) is 78.1 Å². The molecule has 6 N–H and O–H groups in total. The van der Waals surface area contributed by atoms with Gasteiger partial charge in [-0.1, -0.05) is 19.8 Å². The monoisotopic (exact) mass is 337 g/mol. The first-order valence-corrected chi connectivity index (χ1v) is 10.7. The molecule has 0 spiro atoms. The van der Waals surface area contributed by atoms with E-state index in [0.717, 1.165) is 30.1 Å². The number of hydrogen-bond donors (Lipinski definition) is 3. The smallest absolute Gasteiger partial charge is 0.00699 e. The molecular weight excluding hydrogens is 294 g/mol. The molecule has 24 heavy (non-hydrogen) atoms. The van der Waals surface area contributed by atoms with Gasteiger partial charge in [-0.15, -0.1) is 0 Å². The van der Waals surface area contributed by atoms with E-state index in [9.17, 15) is 0 Å². The summed E-state index contributed by atoms with van der Waals surface area (Å²) in [6.45, 7) is 4.46. The predicted molar refractivity (Wildman–Crippen MR) is 105 cm³/mol. The minimum atomic E-state index is 0.340. The van der Waals surface area contributed by atoms with Gasteiger partial charge < -0.3 is 17.2 Å². The second-order valence-electron chi connectivity index (χ2n) is 9.18. The fourth-order valence-corrected chi connectivity index (χ4v) is 5.18. The van der Waals surface area contributed by atoms with Crippen LogP contribution in [0.4, 0.5) is 0 Å². The van der Waals surface area contributed by atoms with Gasteiger partial charge in [0.25, 0.3) is 0 Å². The Morgan fingerprint density at radius 2 is 1.58 bits per heavy atom. The summed E-state index contributed by atoms with van der Waals surface area (Å²) in [5.41, 5.74) is 18.6. The van der Waals surface area contributed by atoms with Gasteiger partial charge in [0.2, 0.25) is 0 Å². The second kappa shape index (κ2) is 10.1. The van der Waals surface area contributed by atoms with Crippen LogP contribution < -0.4 is 17.2 Å². The zero-order valence-electron chi connectivity index (χ0n) is 16.3. The first-order valence-electron chi connectivity index (χ1n) is 10.7. The maximum Gasteiger partial charge on any atom is 0.00699 e. The molecule has 0 saturated heterocycles. The predicted octanol–water partition coefficient (Wildman–Crippen LogP) is 4.18. The quantitative estimate of drug-likeness (QED) is 0.621. The highest BCUT2D eigenvalue weighted by Crippen LogP contribution is 2.39. The number of nitrogens with two attached hydrogens (primary N) is 3. The lowest BCUT2D eigenvalue weighted by Gasteiger charge is -2.38. The van der Waals surface area contributed by atoms with Crippen molar-refractivity contribution in [2.24, 2.45) is 40.9 Å². The molecule has 2 aliphatic carbocycles. The summed E-state index contributed by atoms with van der Waals surface area (Å²) >= 11 is 0. The third-order valence-electron chi connectivity index (χ3n) is 6.96. The first-order chi connectivity index (χ1) is 11.5. The molecule has 2 saturated carbocycles. The van der Waals surface area contributed by atoms with E-state index in [1.54, 1.807) is 0 Å². The Balaban J connectivity index is 1.71. The Morgan fingerprint density at radius 3 is 2.17 bits per heavy atom. The average Bonchev–Trinajstić information content (AvgIpc) is 2.55. The molecule has 2 aliphatic rings. The third kappa shape index (κ3) is 6.65. The van der Waals surface area contributed by atoms with Crippen molar-refractivity contribution in [2.45, 2.75) is 109 Å². The summed E-state index contributed by atoms with van der Waals surface area (Å²) < 4.78 is 0. The van der Waals surface area contributed by atoms with Crippen LogP contribution >= 0.6 is 0 Å². The van der Waals surface area contributed by atoms with E-state index >= 15 is 0 Å². The minimum Gasteiger partial charge on any atom is -0.328 e. The van der Waals surface area contributed by atoms with Crippen molar-refractivity contribution in [1.29, 1.82) is 0 Å². The van der Waals surface area contributed by atoms with Gasteiger partial charge in [0, 0.05) is 18.1 Å². The van der Waals surface area contributed by atoms with Crippen molar-refractivity contribution in [3.8, 4) is 0 Å². The molecular formula is C21H43N3. The molecule has 142 valence electrons. The summed E-state index contributed by atoms with van der Waals surface area (Å²) in [5, 5.41) is 0. The molecule has 0 aromatic rings. The second-order valence-corrected chi connectivity index (χ2v) is 9.18. The van der Waals surface area contributed by atoms with Gasteiger partial charge in [0.15, 0.2) is 0 Å². The van der Waals surface area contributed by atoms with Crippen LogP contribution in [0.5, 0.6) is 0 Å². The van der Waals surface area contributed by atoms with Crippen LogP contribution in [-0.4, -0.2) is 18.1 Å². The van der Waals surface area contributed by atoms with Crippen LogP contribution in [-0.2, 0) is 0 Å². The van der Waals surface area contributed by atoms with E-state index in [0.29, 0.717) is 18.1 Å². The molecule has 5 unspecified atom stereocenters. The fourth-order valence-electron chi connectivity index (χ4n) is 5.18. The highest BCUT2D eigenvalue weighted by atomic mass is 14.7. The third-order valence-corrected chi connectivity index (χ3v) is 6.96. The van der Waals surface area contributed by atoms with Gasteiger partial charge in [-0.05, 0) is 94.8 Å². The molecule has 2 rings (SSSR count). The van der Waals surface area contributed by atoms with Gasteiger partial charge in [-0.3, -0.25) is 0 Å². The molecule has 0 aromatic heterocycles. The van der Waals surface area contributed by atoms with Crippen LogP contribution in [0.1, 0.15) is 90.9 Å². The van der Waals surface area contributed by atoms with Crippen molar-refractivity contribution in [3.63, 3.8) is 0 Å². The lowest BCUT2D eigenvalue weighted by Crippen LogP contribution is -2.38. The fraction of sp³-hybridized carbons (Fsp3) is 1.00. The summed E-state index contributed by atoms with van der Waals surface area (Å²) in [6, 6.07) is 1.24. The highest BCUT2D eigenvalue weighted by molar-refractivity contribution is 4.86. The van der Waals surface area contributed by atoms with Gasteiger partial charge in [0.05, 0.1) is 0 Å². The summed E-state index contributed by atoms with van der Waals surface area (Å²) in [6.07, 6.45) is 15.7. The van der Waals surface area contributed by atoms with E-state index in [1.807, 2.05) is 0 Å². The van der Waals surface area contributed by atoms with Crippen molar-refractivity contribution in [1.82, 2.24) is 0 Å². The summed E-state index contributed by atoms with van der Waals surface area (Å²) in [7, 11) is 0. The number of hydrogen-bond acceptors (Lipinski definition) is 3. The Kier molecular flexibility index (Phi) is 8.53. The zero-order chi connectivity index (χ0) is 17.5. The lowest BCUT2D eigenvalue weighted by molar-refractivity contribution is 0.164. The van der Waals surface area contributed by atoms with Crippen molar-refractivity contribution >= 4 is 0 Å². The molecule has 3 heteroatoms. The van der Waals surface area contributed by atoms with Crippen molar-refractivity contribution in [3.05, 3.63) is 0 Å². The Hall–Kier alpha value is -0.120. The molecule has 0 aliphatic heterocycles. The highest BCUT2D eigenvalue weighted by Gasteiger charge is 2.31. The normalized spacial score (nSPS) is 37.1. The largest absolute Gasteiger partial charge is 0.328 e.